The molecule has 1 rings (SSSR count). The quantitative estimate of drug-likeness (QED) is 0.793. The van der Waals surface area contributed by atoms with Crippen LogP contribution in [0.1, 0.15) is 23.7 Å². The minimum Gasteiger partial charge on any atom is -0.478 e. The van der Waals surface area contributed by atoms with Crippen molar-refractivity contribution in [1.29, 1.82) is 0 Å². The number of anilines is 1. The fourth-order valence-electron chi connectivity index (χ4n) is 1.59. The zero-order valence-electron chi connectivity index (χ0n) is 10.8. The number of nitrogens with one attached hydrogen (secondary N) is 2. The molecule has 21 heavy (non-hydrogen) atoms. The molecule has 0 bridgehead atoms. The standard InChI is InChI=1S/C12H12ClF3N2O3/c1-6(5-12(14,15)16)17-11(21)18-9-4-7(13)2-3-8(9)10(19)20/h2-4,6H,5H2,1H3,(H,19,20)(H2,17,18,21). The third kappa shape index (κ3) is 5.90. The number of carbonyl (C=O) groups is 2. The van der Waals surface area contributed by atoms with Gasteiger partial charge in [0.1, 0.15) is 0 Å². The molecule has 1 unspecified atom stereocenters. The molecule has 0 radical (unpaired) electrons. The smallest absolute Gasteiger partial charge is 0.391 e. The Kier molecular flexibility index (Phi) is 5.42. The number of amides is 2. The van der Waals surface area contributed by atoms with E-state index in [1.165, 1.54) is 25.1 Å². The van der Waals surface area contributed by atoms with Gasteiger partial charge >= 0.3 is 18.2 Å². The summed E-state index contributed by atoms with van der Waals surface area (Å²) in [4.78, 5) is 22.5. The zero-order chi connectivity index (χ0) is 16.2. The third-order valence-corrected chi connectivity index (χ3v) is 2.61. The number of hydrogen-bond acceptors (Lipinski definition) is 2. The summed E-state index contributed by atoms with van der Waals surface area (Å²) in [6, 6.07) is 1.59. The van der Waals surface area contributed by atoms with Crippen LogP contribution in [0, 0.1) is 0 Å². The van der Waals surface area contributed by atoms with E-state index in [4.69, 9.17) is 16.7 Å². The van der Waals surface area contributed by atoms with E-state index in [2.05, 4.69) is 10.6 Å². The van der Waals surface area contributed by atoms with Crippen LogP contribution in [0.15, 0.2) is 18.2 Å². The topological polar surface area (TPSA) is 78.4 Å². The Morgan fingerprint density at radius 1 is 1.38 bits per heavy atom. The number of aromatic carboxylic acids is 1. The average Bonchev–Trinajstić information content (AvgIpc) is 2.24. The molecule has 0 saturated carbocycles. The Balaban J connectivity index is 2.75. The first-order valence-electron chi connectivity index (χ1n) is 5.75. The molecule has 5 nitrogen and oxygen atoms in total. The van der Waals surface area contributed by atoms with Crippen LogP contribution in [0.3, 0.4) is 0 Å². The number of rotatable bonds is 4. The van der Waals surface area contributed by atoms with Crippen molar-refractivity contribution in [3.05, 3.63) is 28.8 Å². The normalized spacial score (nSPS) is 12.6. The largest absolute Gasteiger partial charge is 0.478 e. The van der Waals surface area contributed by atoms with Gasteiger partial charge in [0.25, 0.3) is 0 Å². The van der Waals surface area contributed by atoms with Crippen molar-refractivity contribution in [2.45, 2.75) is 25.6 Å². The third-order valence-electron chi connectivity index (χ3n) is 2.38. The molecular formula is C12H12ClF3N2O3. The van der Waals surface area contributed by atoms with Gasteiger partial charge in [0.15, 0.2) is 0 Å². The van der Waals surface area contributed by atoms with Crippen LogP contribution in [0.4, 0.5) is 23.7 Å². The molecule has 0 aliphatic carbocycles. The van der Waals surface area contributed by atoms with E-state index < -0.39 is 30.6 Å². The van der Waals surface area contributed by atoms with E-state index in [1.54, 1.807) is 0 Å². The fourth-order valence-corrected chi connectivity index (χ4v) is 1.76. The maximum absolute atomic E-state index is 12.1. The minimum absolute atomic E-state index is 0.105. The Morgan fingerprint density at radius 2 is 2.00 bits per heavy atom. The predicted octanol–water partition coefficient (Wildman–Crippen LogP) is 3.50. The lowest BCUT2D eigenvalue weighted by molar-refractivity contribution is -0.138. The Labute approximate surface area is 123 Å². The van der Waals surface area contributed by atoms with Crippen molar-refractivity contribution in [2.24, 2.45) is 0 Å². The summed E-state index contributed by atoms with van der Waals surface area (Å²) in [6.07, 6.45) is -5.60. The molecule has 3 N–H and O–H groups in total. The summed E-state index contributed by atoms with van der Waals surface area (Å²) < 4.78 is 36.4. The monoisotopic (exact) mass is 324 g/mol. The van der Waals surface area contributed by atoms with Crippen molar-refractivity contribution >= 4 is 29.3 Å². The molecule has 0 heterocycles. The first kappa shape index (κ1) is 17.1. The van der Waals surface area contributed by atoms with Crippen LogP contribution in [-0.4, -0.2) is 29.3 Å². The number of hydrogen-bond donors (Lipinski definition) is 3. The van der Waals surface area contributed by atoms with Gasteiger partial charge in [-0.15, -0.1) is 0 Å². The molecule has 1 aromatic carbocycles. The summed E-state index contributed by atoms with van der Waals surface area (Å²) >= 11 is 5.68. The summed E-state index contributed by atoms with van der Waals surface area (Å²) in [5.74, 6) is -1.30. The number of benzene rings is 1. The van der Waals surface area contributed by atoms with Crippen molar-refractivity contribution in [2.75, 3.05) is 5.32 Å². The van der Waals surface area contributed by atoms with Crippen molar-refractivity contribution in [1.82, 2.24) is 5.32 Å². The van der Waals surface area contributed by atoms with Crippen LogP contribution in [0.5, 0.6) is 0 Å². The van der Waals surface area contributed by atoms with Crippen LogP contribution < -0.4 is 10.6 Å². The predicted molar refractivity (Wildman–Crippen MR) is 70.7 cm³/mol. The molecule has 0 spiro atoms. The van der Waals surface area contributed by atoms with Gasteiger partial charge in [0.05, 0.1) is 17.7 Å². The van der Waals surface area contributed by atoms with Crippen LogP contribution in [-0.2, 0) is 0 Å². The van der Waals surface area contributed by atoms with Gasteiger partial charge in [0.2, 0.25) is 0 Å². The summed E-state index contributed by atoms with van der Waals surface area (Å²) in [5, 5.41) is 13.4. The van der Waals surface area contributed by atoms with E-state index >= 15 is 0 Å². The van der Waals surface area contributed by atoms with Crippen LogP contribution >= 0.6 is 11.6 Å². The van der Waals surface area contributed by atoms with E-state index in [-0.39, 0.29) is 16.3 Å². The molecule has 0 aliphatic rings. The van der Waals surface area contributed by atoms with Gasteiger partial charge < -0.3 is 15.7 Å². The van der Waals surface area contributed by atoms with Crippen molar-refractivity contribution in [3.8, 4) is 0 Å². The second-order valence-corrected chi connectivity index (χ2v) is 4.75. The lowest BCUT2D eigenvalue weighted by Gasteiger charge is -2.17. The molecule has 0 aromatic heterocycles. The van der Waals surface area contributed by atoms with Gasteiger partial charge in [-0.05, 0) is 25.1 Å². The highest BCUT2D eigenvalue weighted by Crippen LogP contribution is 2.22. The molecule has 0 saturated heterocycles. The SMILES string of the molecule is CC(CC(F)(F)F)NC(=O)Nc1cc(Cl)ccc1C(=O)O. The van der Waals surface area contributed by atoms with Gasteiger partial charge in [-0.25, -0.2) is 9.59 Å². The summed E-state index contributed by atoms with van der Waals surface area (Å²) in [6.45, 7) is 1.18. The number of carbonyl (C=O) groups excluding carboxylic acids is 1. The lowest BCUT2D eigenvalue weighted by Crippen LogP contribution is -2.38. The fraction of sp³-hybridized carbons (Fsp3) is 0.333. The number of carboxylic acids is 1. The molecule has 0 fully saturated rings. The van der Waals surface area contributed by atoms with Gasteiger partial charge in [-0.2, -0.15) is 13.2 Å². The highest BCUT2D eigenvalue weighted by atomic mass is 35.5. The molecular weight excluding hydrogens is 313 g/mol. The van der Waals surface area contributed by atoms with Crippen LogP contribution in [0.2, 0.25) is 5.02 Å². The second kappa shape index (κ2) is 6.66. The number of urea groups is 1. The highest BCUT2D eigenvalue weighted by molar-refractivity contribution is 6.31. The molecule has 9 heteroatoms. The van der Waals surface area contributed by atoms with Gasteiger partial charge in [-0.3, -0.25) is 0 Å². The van der Waals surface area contributed by atoms with E-state index in [1.807, 2.05) is 0 Å². The van der Waals surface area contributed by atoms with Gasteiger partial charge in [-0.1, -0.05) is 11.6 Å². The first-order chi connectivity index (χ1) is 9.58. The highest BCUT2D eigenvalue weighted by Gasteiger charge is 2.30. The minimum atomic E-state index is -4.41. The molecule has 1 atom stereocenters. The number of alkyl halides is 3. The number of carboxylic acid groups (broad SMARTS) is 1. The van der Waals surface area contributed by atoms with E-state index in [0.717, 1.165) is 0 Å². The van der Waals surface area contributed by atoms with E-state index in [0.29, 0.717) is 0 Å². The summed E-state index contributed by atoms with van der Waals surface area (Å²) in [5.41, 5.74) is -0.329. The second-order valence-electron chi connectivity index (χ2n) is 4.31. The number of halogens is 4. The zero-order valence-corrected chi connectivity index (χ0v) is 11.5. The molecule has 116 valence electrons. The van der Waals surface area contributed by atoms with Gasteiger partial charge in [0, 0.05) is 11.1 Å². The first-order valence-corrected chi connectivity index (χ1v) is 6.13. The van der Waals surface area contributed by atoms with Crippen molar-refractivity contribution < 1.29 is 27.9 Å². The Morgan fingerprint density at radius 3 is 2.52 bits per heavy atom. The molecule has 1 aromatic rings. The van der Waals surface area contributed by atoms with E-state index in [9.17, 15) is 22.8 Å². The molecule has 2 amide bonds. The Bertz CT molecular complexity index is 549. The maximum atomic E-state index is 12.1. The summed E-state index contributed by atoms with van der Waals surface area (Å²) in [7, 11) is 0. The van der Waals surface area contributed by atoms with Crippen LogP contribution in [0.25, 0.3) is 0 Å². The Hall–Kier alpha value is -1.96. The molecule has 0 aliphatic heterocycles. The van der Waals surface area contributed by atoms with Crippen molar-refractivity contribution in [3.63, 3.8) is 0 Å². The lowest BCUT2D eigenvalue weighted by atomic mass is 10.2. The maximum Gasteiger partial charge on any atom is 0.391 e. The average molecular weight is 325 g/mol.